The van der Waals surface area contributed by atoms with Gasteiger partial charge in [-0.15, -0.1) is 0 Å². The maximum Gasteiger partial charge on any atom is 0.231 e. The Balaban J connectivity index is 1.61. The molecule has 0 bridgehead atoms. The Labute approximate surface area is 191 Å². The highest BCUT2D eigenvalue weighted by Gasteiger charge is 2.31. The van der Waals surface area contributed by atoms with Crippen molar-refractivity contribution in [1.82, 2.24) is 5.32 Å². The lowest BCUT2D eigenvalue weighted by atomic mass is 9.93. The molecule has 2 heterocycles. The van der Waals surface area contributed by atoms with Crippen LogP contribution in [0.25, 0.3) is 0 Å². The maximum absolute atomic E-state index is 14.7. The van der Waals surface area contributed by atoms with E-state index in [0.29, 0.717) is 23.5 Å². The van der Waals surface area contributed by atoms with Gasteiger partial charge in [-0.1, -0.05) is 33.6 Å². The number of ether oxygens (including phenoxy) is 2. The SMILES string of the molecule is Oc1ccc(Br)cc1[C@H]1CC(c2ccc3c(c2)OCO3)=N[C@@H](c2c(F)cccc2Cl)N1. The molecule has 5 rings (SSSR count). The van der Waals surface area contributed by atoms with Gasteiger partial charge in [0.25, 0.3) is 0 Å². The minimum Gasteiger partial charge on any atom is -0.508 e. The van der Waals surface area contributed by atoms with E-state index < -0.39 is 12.0 Å². The van der Waals surface area contributed by atoms with Gasteiger partial charge in [0.05, 0.1) is 5.02 Å². The molecule has 2 aliphatic heterocycles. The van der Waals surface area contributed by atoms with Crippen LogP contribution in [0, 0.1) is 5.82 Å². The average Bonchev–Trinajstić information content (AvgIpc) is 3.23. The second-order valence-electron chi connectivity index (χ2n) is 7.31. The quantitative estimate of drug-likeness (QED) is 0.467. The van der Waals surface area contributed by atoms with Crippen molar-refractivity contribution in [3.8, 4) is 17.2 Å². The van der Waals surface area contributed by atoms with Crippen LogP contribution < -0.4 is 14.8 Å². The summed E-state index contributed by atoms with van der Waals surface area (Å²) in [6, 6.07) is 15.1. The smallest absolute Gasteiger partial charge is 0.231 e. The zero-order chi connectivity index (χ0) is 21.5. The number of benzene rings is 3. The molecule has 3 aromatic rings. The normalized spacial score (nSPS) is 19.9. The van der Waals surface area contributed by atoms with E-state index in [1.165, 1.54) is 6.07 Å². The van der Waals surface area contributed by atoms with Crippen LogP contribution in [0.4, 0.5) is 4.39 Å². The van der Waals surface area contributed by atoms with Gasteiger partial charge in [-0.3, -0.25) is 10.3 Å². The van der Waals surface area contributed by atoms with Crippen molar-refractivity contribution >= 4 is 33.2 Å². The van der Waals surface area contributed by atoms with Crippen LogP contribution in [0.5, 0.6) is 17.2 Å². The summed E-state index contributed by atoms with van der Waals surface area (Å²) in [4.78, 5) is 4.79. The predicted molar refractivity (Wildman–Crippen MR) is 120 cm³/mol. The van der Waals surface area contributed by atoms with E-state index in [1.54, 1.807) is 24.3 Å². The van der Waals surface area contributed by atoms with E-state index in [2.05, 4.69) is 21.2 Å². The number of nitrogens with zero attached hydrogens (tertiary/aromatic N) is 1. The van der Waals surface area contributed by atoms with Gasteiger partial charge in [0, 0.05) is 33.8 Å². The summed E-state index contributed by atoms with van der Waals surface area (Å²) in [6.45, 7) is 0.175. The molecule has 3 aromatic carbocycles. The van der Waals surface area contributed by atoms with E-state index in [9.17, 15) is 9.50 Å². The Morgan fingerprint density at radius 1 is 1.10 bits per heavy atom. The summed E-state index contributed by atoms with van der Waals surface area (Å²) >= 11 is 9.80. The van der Waals surface area contributed by atoms with Crippen LogP contribution in [0.3, 0.4) is 0 Å². The third-order valence-corrected chi connectivity index (χ3v) is 6.21. The van der Waals surface area contributed by atoms with E-state index in [4.69, 9.17) is 26.1 Å². The highest BCUT2D eigenvalue weighted by Crippen LogP contribution is 2.39. The van der Waals surface area contributed by atoms with Gasteiger partial charge in [-0.25, -0.2) is 4.39 Å². The summed E-state index contributed by atoms with van der Waals surface area (Å²) in [6.07, 6.45) is -0.252. The van der Waals surface area contributed by atoms with Crippen LogP contribution in [0.1, 0.15) is 35.3 Å². The molecule has 31 heavy (non-hydrogen) atoms. The minimum atomic E-state index is -0.730. The fourth-order valence-electron chi connectivity index (χ4n) is 3.88. The average molecular weight is 504 g/mol. The van der Waals surface area contributed by atoms with Crippen LogP contribution in [-0.4, -0.2) is 17.6 Å². The van der Waals surface area contributed by atoms with Crippen LogP contribution in [-0.2, 0) is 0 Å². The molecule has 0 saturated heterocycles. The first-order chi connectivity index (χ1) is 15.0. The molecule has 2 N–H and O–H groups in total. The number of phenolic OH excluding ortho intramolecular Hbond substituents is 1. The van der Waals surface area contributed by atoms with Gasteiger partial charge in [0.2, 0.25) is 6.79 Å². The summed E-state index contributed by atoms with van der Waals surface area (Å²) in [5.41, 5.74) is 2.52. The molecule has 0 spiro atoms. The predicted octanol–water partition coefficient (Wildman–Crippen LogP) is 5.90. The highest BCUT2D eigenvalue weighted by atomic mass is 79.9. The van der Waals surface area contributed by atoms with Gasteiger partial charge in [0.15, 0.2) is 11.5 Å². The van der Waals surface area contributed by atoms with Crippen molar-refractivity contribution in [3.05, 3.63) is 86.6 Å². The molecule has 2 atom stereocenters. The van der Waals surface area contributed by atoms with Crippen molar-refractivity contribution < 1.29 is 19.0 Å². The molecule has 0 aliphatic carbocycles. The third-order valence-electron chi connectivity index (χ3n) is 5.39. The fourth-order valence-corrected chi connectivity index (χ4v) is 4.53. The molecule has 5 nitrogen and oxygen atoms in total. The number of hydrogen-bond acceptors (Lipinski definition) is 5. The molecule has 8 heteroatoms. The van der Waals surface area contributed by atoms with E-state index >= 15 is 0 Å². The zero-order valence-electron chi connectivity index (χ0n) is 16.1. The summed E-state index contributed by atoms with van der Waals surface area (Å²) in [5.74, 6) is 1.01. The molecule has 0 radical (unpaired) electrons. The van der Waals surface area contributed by atoms with Crippen LogP contribution in [0.2, 0.25) is 5.02 Å². The number of rotatable bonds is 3. The second-order valence-corrected chi connectivity index (χ2v) is 8.63. The lowest BCUT2D eigenvalue weighted by Gasteiger charge is -2.31. The summed E-state index contributed by atoms with van der Waals surface area (Å²) < 4.78 is 26.5. The van der Waals surface area contributed by atoms with Crippen LogP contribution >= 0.6 is 27.5 Å². The Hall–Kier alpha value is -2.61. The van der Waals surface area contributed by atoms with Crippen molar-refractivity contribution in [1.29, 1.82) is 0 Å². The topological polar surface area (TPSA) is 63.1 Å². The van der Waals surface area contributed by atoms with Crippen molar-refractivity contribution in [2.75, 3.05) is 6.79 Å². The first-order valence-corrected chi connectivity index (χ1v) is 10.8. The number of nitrogens with one attached hydrogen (secondary N) is 1. The number of halogens is 3. The van der Waals surface area contributed by atoms with E-state index in [1.807, 2.05) is 24.3 Å². The van der Waals surface area contributed by atoms with Gasteiger partial charge < -0.3 is 14.6 Å². The Morgan fingerprint density at radius 3 is 2.77 bits per heavy atom. The molecular weight excluding hydrogens is 487 g/mol. The number of phenols is 1. The molecule has 0 aromatic heterocycles. The fraction of sp³-hybridized carbons (Fsp3) is 0.174. The zero-order valence-corrected chi connectivity index (χ0v) is 18.5. The van der Waals surface area contributed by atoms with Gasteiger partial charge in [-0.2, -0.15) is 0 Å². The second kappa shape index (κ2) is 8.15. The highest BCUT2D eigenvalue weighted by molar-refractivity contribution is 9.10. The first-order valence-electron chi connectivity index (χ1n) is 9.64. The van der Waals surface area contributed by atoms with Crippen molar-refractivity contribution in [3.63, 3.8) is 0 Å². The molecule has 0 saturated carbocycles. The first kappa shape index (κ1) is 20.3. The summed E-state index contributed by atoms with van der Waals surface area (Å²) in [7, 11) is 0. The Bertz CT molecular complexity index is 1180. The van der Waals surface area contributed by atoms with E-state index in [0.717, 1.165) is 15.7 Å². The number of fused-ring (bicyclic) bond motifs is 1. The minimum absolute atomic E-state index is 0.144. The maximum atomic E-state index is 14.7. The molecule has 0 amide bonds. The third kappa shape index (κ3) is 3.89. The Morgan fingerprint density at radius 2 is 1.94 bits per heavy atom. The largest absolute Gasteiger partial charge is 0.508 e. The van der Waals surface area contributed by atoms with Gasteiger partial charge in [-0.05, 0) is 54.1 Å². The number of hydrogen-bond donors (Lipinski definition) is 2. The Kier molecular flexibility index (Phi) is 5.33. The standard InChI is InChI=1S/C23H17BrClFN2O3/c24-13-5-6-19(29)14(9-13)18-10-17(12-4-7-20-21(8-12)31-11-30-20)27-23(28-18)22-15(25)2-1-3-16(22)26/h1-9,18,23,28-29H,10-11H2/t18-,23-/m1/s1. The molecule has 0 unspecified atom stereocenters. The van der Waals surface area contributed by atoms with Crippen LogP contribution in [0.15, 0.2) is 64.1 Å². The van der Waals surface area contributed by atoms with Crippen molar-refractivity contribution in [2.45, 2.75) is 18.6 Å². The number of aromatic hydroxyl groups is 1. The molecule has 2 aliphatic rings. The lowest BCUT2D eigenvalue weighted by molar-refractivity contribution is 0.174. The monoisotopic (exact) mass is 502 g/mol. The lowest BCUT2D eigenvalue weighted by Crippen LogP contribution is -2.33. The molecular formula is C23H17BrClFN2O3. The molecule has 0 fully saturated rings. The van der Waals surface area contributed by atoms with Crippen molar-refractivity contribution in [2.24, 2.45) is 4.99 Å². The van der Waals surface area contributed by atoms with E-state index in [-0.39, 0.29) is 29.2 Å². The van der Waals surface area contributed by atoms with Gasteiger partial charge in [0.1, 0.15) is 17.7 Å². The molecule has 158 valence electrons. The van der Waals surface area contributed by atoms with Gasteiger partial charge >= 0.3 is 0 Å². The number of aliphatic imine (C=N–C) groups is 1. The summed E-state index contributed by atoms with van der Waals surface area (Å²) in [5, 5.41) is 14.1.